The van der Waals surface area contributed by atoms with Crippen molar-refractivity contribution in [2.45, 2.75) is 45.2 Å². The molecule has 2 saturated heterocycles. The molecule has 2 atom stereocenters. The summed E-state index contributed by atoms with van der Waals surface area (Å²) in [6, 6.07) is 0.717. The number of anilines is 1. The summed E-state index contributed by atoms with van der Waals surface area (Å²) in [6.45, 7) is 8.13. The molecule has 8 nitrogen and oxygen atoms in total. The molecule has 1 aromatic heterocycles. The molecule has 1 unspecified atom stereocenters. The van der Waals surface area contributed by atoms with Gasteiger partial charge >= 0.3 is 0 Å². The molecule has 1 amide bonds. The average molecular weight is 392 g/mol. The second-order valence-electron chi connectivity index (χ2n) is 7.77. The number of hydrogen-bond donors (Lipinski definition) is 2. The Bertz CT molecular complexity index is 678. The third kappa shape index (κ3) is 4.79. The monoisotopic (exact) mass is 391 g/mol. The van der Waals surface area contributed by atoms with E-state index in [1.54, 1.807) is 14.2 Å². The van der Waals surface area contributed by atoms with E-state index in [2.05, 4.69) is 25.5 Å². The highest BCUT2D eigenvalue weighted by molar-refractivity contribution is 5.90. The number of nitrogens with one attached hydrogen (secondary N) is 2. The van der Waals surface area contributed by atoms with Gasteiger partial charge in [-0.2, -0.15) is 0 Å². The van der Waals surface area contributed by atoms with Crippen LogP contribution in [0.2, 0.25) is 0 Å². The number of methoxy groups -OCH3 is 1. The number of ether oxygens (including phenoxy) is 2. The van der Waals surface area contributed by atoms with Crippen LogP contribution in [0.5, 0.6) is 0 Å². The summed E-state index contributed by atoms with van der Waals surface area (Å²) in [4.78, 5) is 23.2. The lowest BCUT2D eigenvalue weighted by molar-refractivity contribution is 0.0355. The van der Waals surface area contributed by atoms with Crippen LogP contribution in [0.15, 0.2) is 0 Å². The maximum absolute atomic E-state index is 12.0. The number of aromatic nitrogens is 2. The molecule has 2 N–H and O–H groups in total. The smallest absolute Gasteiger partial charge is 0.288 e. The lowest BCUT2D eigenvalue weighted by atomic mass is 9.91. The minimum atomic E-state index is -0.252. The van der Waals surface area contributed by atoms with E-state index in [1.165, 1.54) is 0 Å². The highest BCUT2D eigenvalue weighted by Crippen LogP contribution is 2.26. The van der Waals surface area contributed by atoms with E-state index >= 15 is 0 Å². The summed E-state index contributed by atoms with van der Waals surface area (Å²) in [7, 11) is 3.37. The van der Waals surface area contributed by atoms with E-state index in [0.29, 0.717) is 24.6 Å². The minimum Gasteiger partial charge on any atom is -0.383 e. The highest BCUT2D eigenvalue weighted by Gasteiger charge is 2.31. The molecule has 156 valence electrons. The van der Waals surface area contributed by atoms with Crippen molar-refractivity contribution in [1.29, 1.82) is 0 Å². The van der Waals surface area contributed by atoms with Crippen molar-refractivity contribution in [3.63, 3.8) is 0 Å². The van der Waals surface area contributed by atoms with Gasteiger partial charge in [0.05, 0.1) is 6.61 Å². The van der Waals surface area contributed by atoms with Crippen LogP contribution in [-0.4, -0.2) is 75.0 Å². The quantitative estimate of drug-likeness (QED) is 0.718. The Morgan fingerprint density at radius 2 is 2.04 bits per heavy atom. The molecule has 0 aliphatic carbocycles. The Balaban J connectivity index is 1.69. The van der Waals surface area contributed by atoms with Crippen molar-refractivity contribution in [1.82, 2.24) is 20.6 Å². The number of carbonyl (C=O) groups excluding carboxylic acids is 1. The van der Waals surface area contributed by atoms with Crippen molar-refractivity contribution in [3.05, 3.63) is 17.1 Å². The number of hydrogen-bond acceptors (Lipinski definition) is 7. The molecule has 28 heavy (non-hydrogen) atoms. The van der Waals surface area contributed by atoms with E-state index in [0.717, 1.165) is 62.6 Å². The average Bonchev–Trinajstić information content (AvgIpc) is 3.18. The molecule has 0 spiro atoms. The first kappa shape index (κ1) is 21.0. The Labute approximate surface area is 167 Å². The predicted octanol–water partition coefficient (Wildman–Crippen LogP) is 1.06. The van der Waals surface area contributed by atoms with Gasteiger partial charge in [0.1, 0.15) is 5.82 Å². The highest BCUT2D eigenvalue weighted by atomic mass is 16.5. The van der Waals surface area contributed by atoms with Crippen LogP contribution in [0.3, 0.4) is 0 Å². The molecule has 2 fully saturated rings. The van der Waals surface area contributed by atoms with Crippen molar-refractivity contribution >= 4 is 11.7 Å². The Kier molecular flexibility index (Phi) is 7.20. The second-order valence-corrected chi connectivity index (χ2v) is 7.77. The third-order valence-corrected chi connectivity index (χ3v) is 5.91. The van der Waals surface area contributed by atoms with Crippen LogP contribution < -0.4 is 15.5 Å². The summed E-state index contributed by atoms with van der Waals surface area (Å²) < 4.78 is 11.0. The van der Waals surface area contributed by atoms with Crippen LogP contribution in [0, 0.1) is 19.8 Å². The zero-order valence-corrected chi connectivity index (χ0v) is 17.5. The van der Waals surface area contributed by atoms with Gasteiger partial charge in [-0.3, -0.25) is 4.79 Å². The summed E-state index contributed by atoms with van der Waals surface area (Å²) in [5.41, 5.74) is 1.88. The summed E-state index contributed by atoms with van der Waals surface area (Å²) in [5.74, 6) is 1.43. The van der Waals surface area contributed by atoms with Gasteiger partial charge in [0.25, 0.3) is 5.91 Å². The van der Waals surface area contributed by atoms with Crippen LogP contribution in [0.4, 0.5) is 5.82 Å². The normalized spacial score (nSPS) is 21.7. The van der Waals surface area contributed by atoms with Crippen LogP contribution >= 0.6 is 0 Å². The molecule has 3 rings (SSSR count). The number of nitrogens with zero attached hydrogens (tertiary/aromatic N) is 3. The fourth-order valence-electron chi connectivity index (χ4n) is 4.14. The third-order valence-electron chi connectivity index (χ3n) is 5.91. The first-order valence-electron chi connectivity index (χ1n) is 10.2. The van der Waals surface area contributed by atoms with Gasteiger partial charge in [-0.25, -0.2) is 9.97 Å². The molecule has 0 radical (unpaired) electrons. The van der Waals surface area contributed by atoms with Gasteiger partial charge in [0.15, 0.2) is 0 Å². The molecule has 0 aromatic carbocycles. The molecule has 1 aromatic rings. The SMILES string of the molecule is CNC(=O)c1nc(C)c(C)c(N2CC[C@@H](NC(COC)C3CCOCC3)C2)n1. The molecular formula is C20H33N5O3. The fourth-order valence-corrected chi connectivity index (χ4v) is 4.14. The van der Waals surface area contributed by atoms with Crippen LogP contribution in [0.1, 0.15) is 41.1 Å². The number of carbonyl (C=O) groups is 1. The van der Waals surface area contributed by atoms with Gasteiger partial charge in [-0.1, -0.05) is 0 Å². The lowest BCUT2D eigenvalue weighted by Crippen LogP contribution is -2.48. The van der Waals surface area contributed by atoms with Crippen molar-refractivity contribution < 1.29 is 14.3 Å². The maximum atomic E-state index is 12.0. The lowest BCUT2D eigenvalue weighted by Gasteiger charge is -2.32. The van der Waals surface area contributed by atoms with Gasteiger partial charge < -0.3 is 25.0 Å². The molecule has 2 aliphatic heterocycles. The van der Waals surface area contributed by atoms with Crippen molar-refractivity contribution in [2.24, 2.45) is 5.92 Å². The van der Waals surface area contributed by atoms with Gasteiger partial charge in [0.2, 0.25) is 5.82 Å². The Morgan fingerprint density at radius 3 is 2.71 bits per heavy atom. The molecule has 8 heteroatoms. The van der Waals surface area contributed by atoms with Crippen molar-refractivity contribution in [2.75, 3.05) is 52.0 Å². The Hall–Kier alpha value is -1.77. The maximum Gasteiger partial charge on any atom is 0.288 e. The molecule has 0 saturated carbocycles. The molecule has 0 bridgehead atoms. The number of aryl methyl sites for hydroxylation is 1. The topological polar surface area (TPSA) is 88.6 Å². The standard InChI is InChI=1S/C20H33N5O3/c1-13-14(2)22-18(20(26)21-3)24-19(13)25-8-5-16(11-25)23-17(12-27-4)15-6-9-28-10-7-15/h15-17,23H,5-12H2,1-4H3,(H,21,26)/t16-,17?/m1/s1. The van der Waals surface area contributed by atoms with Gasteiger partial charge in [0, 0.05) is 63.8 Å². The second kappa shape index (κ2) is 9.62. The number of rotatable bonds is 7. The van der Waals surface area contributed by atoms with E-state index in [4.69, 9.17) is 9.47 Å². The van der Waals surface area contributed by atoms with E-state index in [1.807, 2.05) is 13.8 Å². The van der Waals surface area contributed by atoms with E-state index < -0.39 is 0 Å². The summed E-state index contributed by atoms with van der Waals surface area (Å²) in [5, 5.41) is 6.44. The van der Waals surface area contributed by atoms with E-state index in [9.17, 15) is 4.79 Å². The summed E-state index contributed by atoms with van der Waals surface area (Å²) >= 11 is 0. The van der Waals surface area contributed by atoms with Crippen molar-refractivity contribution in [3.8, 4) is 0 Å². The summed E-state index contributed by atoms with van der Waals surface area (Å²) in [6.07, 6.45) is 3.20. The zero-order valence-electron chi connectivity index (χ0n) is 17.5. The molecule has 2 aliphatic rings. The van der Waals surface area contributed by atoms with Gasteiger partial charge in [-0.15, -0.1) is 0 Å². The molecule has 3 heterocycles. The predicted molar refractivity (Wildman–Crippen MR) is 108 cm³/mol. The Morgan fingerprint density at radius 1 is 1.29 bits per heavy atom. The van der Waals surface area contributed by atoms with E-state index in [-0.39, 0.29) is 11.7 Å². The minimum absolute atomic E-state index is 0.233. The van der Waals surface area contributed by atoms with Gasteiger partial charge in [-0.05, 0) is 39.0 Å². The zero-order chi connectivity index (χ0) is 20.1. The largest absolute Gasteiger partial charge is 0.383 e. The van der Waals surface area contributed by atoms with Crippen LogP contribution in [0.25, 0.3) is 0 Å². The van der Waals surface area contributed by atoms with Crippen LogP contribution in [-0.2, 0) is 9.47 Å². The first-order valence-corrected chi connectivity index (χ1v) is 10.2. The fraction of sp³-hybridized carbons (Fsp3) is 0.750. The number of amides is 1. The first-order chi connectivity index (χ1) is 13.5. The molecular weight excluding hydrogens is 358 g/mol.